The van der Waals surface area contributed by atoms with Gasteiger partial charge in [0.15, 0.2) is 0 Å². The fourth-order valence-corrected chi connectivity index (χ4v) is 4.87. The van der Waals surface area contributed by atoms with E-state index >= 15 is 0 Å². The monoisotopic (exact) mass is 470 g/mol. The molecule has 0 spiro atoms. The van der Waals surface area contributed by atoms with Gasteiger partial charge in [0.2, 0.25) is 11.9 Å². The first-order chi connectivity index (χ1) is 16.4. The largest absolute Gasteiger partial charge is 0.493 e. The number of carbonyl (C=O) groups excluding carboxylic acids is 1. The number of amides is 1. The van der Waals surface area contributed by atoms with Crippen LogP contribution in [-0.4, -0.2) is 61.7 Å². The number of hydrogen-bond donors (Lipinski definition) is 0. The summed E-state index contributed by atoms with van der Waals surface area (Å²) in [5.41, 5.74) is 1.39. The van der Waals surface area contributed by atoms with Gasteiger partial charge in [-0.15, -0.1) is 0 Å². The predicted molar refractivity (Wildman–Crippen MR) is 128 cm³/mol. The number of halogens is 1. The zero-order valence-corrected chi connectivity index (χ0v) is 20.4. The molecular weight excluding hydrogens is 435 g/mol. The fourth-order valence-electron chi connectivity index (χ4n) is 4.87. The van der Waals surface area contributed by atoms with Crippen LogP contribution in [0.2, 0.25) is 0 Å². The van der Waals surface area contributed by atoms with E-state index in [4.69, 9.17) is 9.47 Å². The van der Waals surface area contributed by atoms with Crippen LogP contribution < -0.4 is 9.64 Å². The minimum atomic E-state index is -0.388. The van der Waals surface area contributed by atoms with Gasteiger partial charge in [-0.05, 0) is 55.1 Å². The molecule has 2 aromatic rings. The van der Waals surface area contributed by atoms with Crippen LogP contribution in [0.15, 0.2) is 30.6 Å². The Balaban J connectivity index is 1.16. The van der Waals surface area contributed by atoms with Crippen molar-refractivity contribution in [3.05, 3.63) is 47.5 Å². The topological polar surface area (TPSA) is 67.8 Å². The Kier molecular flexibility index (Phi) is 7.98. The predicted octanol–water partition coefficient (Wildman–Crippen LogP) is 3.71. The van der Waals surface area contributed by atoms with Crippen LogP contribution in [0.1, 0.15) is 36.8 Å². The minimum Gasteiger partial charge on any atom is -0.493 e. The molecule has 1 amide bonds. The molecule has 4 rings (SSSR count). The molecule has 0 N–H and O–H groups in total. The van der Waals surface area contributed by atoms with Crippen LogP contribution in [0.25, 0.3) is 0 Å². The third-order valence-electron chi connectivity index (χ3n) is 7.03. The second-order valence-corrected chi connectivity index (χ2v) is 9.66. The van der Waals surface area contributed by atoms with E-state index in [2.05, 4.69) is 14.9 Å². The van der Waals surface area contributed by atoms with Crippen molar-refractivity contribution in [2.75, 3.05) is 45.8 Å². The van der Waals surface area contributed by atoms with Gasteiger partial charge in [0.25, 0.3) is 0 Å². The first kappa shape index (κ1) is 24.4. The molecule has 7 nitrogen and oxygen atoms in total. The summed E-state index contributed by atoms with van der Waals surface area (Å²) in [5.74, 6) is 3.05. The molecule has 2 atom stereocenters. The van der Waals surface area contributed by atoms with Gasteiger partial charge in [-0.1, -0.05) is 6.07 Å². The van der Waals surface area contributed by atoms with E-state index < -0.39 is 0 Å². The Morgan fingerprint density at radius 3 is 2.59 bits per heavy atom. The Morgan fingerprint density at radius 2 is 1.94 bits per heavy atom. The van der Waals surface area contributed by atoms with Crippen LogP contribution in [0.3, 0.4) is 0 Å². The molecule has 2 aliphatic rings. The summed E-state index contributed by atoms with van der Waals surface area (Å²) >= 11 is 0. The first-order valence-corrected chi connectivity index (χ1v) is 12.1. The summed E-state index contributed by atoms with van der Waals surface area (Å²) in [6, 6.07) is 4.79. The molecule has 1 saturated heterocycles. The third kappa shape index (κ3) is 6.23. The number of nitrogens with zero attached hydrogens (tertiary/aromatic N) is 4. The average molecular weight is 471 g/mol. The van der Waals surface area contributed by atoms with Crippen LogP contribution in [-0.2, 0) is 22.6 Å². The van der Waals surface area contributed by atoms with Gasteiger partial charge < -0.3 is 19.3 Å². The van der Waals surface area contributed by atoms with E-state index in [1.54, 1.807) is 33.3 Å². The molecule has 1 saturated carbocycles. The van der Waals surface area contributed by atoms with E-state index in [0.717, 1.165) is 42.9 Å². The summed E-state index contributed by atoms with van der Waals surface area (Å²) in [4.78, 5) is 24.5. The van der Waals surface area contributed by atoms with Crippen molar-refractivity contribution in [2.45, 2.75) is 38.7 Å². The number of rotatable bonds is 10. The number of hydrogen-bond acceptors (Lipinski definition) is 6. The summed E-state index contributed by atoms with van der Waals surface area (Å²) < 4.78 is 25.3. The molecule has 2 fully saturated rings. The lowest BCUT2D eigenvalue weighted by atomic mass is 9.90. The maximum absolute atomic E-state index is 14.3. The number of methoxy groups -OCH3 is 1. The number of likely N-dealkylation sites (N-methyl/N-ethyl adjacent to an activating group) is 1. The molecular formula is C26H35FN4O3. The normalized spacial score (nSPS) is 20.3. The Bertz CT molecular complexity index is 961. The van der Waals surface area contributed by atoms with Crippen molar-refractivity contribution in [3.8, 4) is 5.75 Å². The Morgan fingerprint density at radius 1 is 1.21 bits per heavy atom. The highest BCUT2D eigenvalue weighted by Gasteiger charge is 2.43. The van der Waals surface area contributed by atoms with Crippen molar-refractivity contribution < 1.29 is 18.7 Å². The minimum absolute atomic E-state index is 0.0624. The van der Waals surface area contributed by atoms with Crippen LogP contribution in [0, 0.1) is 23.6 Å². The van der Waals surface area contributed by atoms with Gasteiger partial charge in [0.1, 0.15) is 11.6 Å². The van der Waals surface area contributed by atoms with Crippen molar-refractivity contribution in [2.24, 2.45) is 17.8 Å². The van der Waals surface area contributed by atoms with Gasteiger partial charge in [-0.3, -0.25) is 4.79 Å². The Labute approximate surface area is 201 Å². The summed E-state index contributed by atoms with van der Waals surface area (Å²) in [6.07, 6.45) is 8.35. The number of piperidine rings is 1. The van der Waals surface area contributed by atoms with E-state index in [9.17, 15) is 9.18 Å². The standard InChI is InChI=1S/C26H35FN4O3/c1-30(2)25(32)13-21-4-5-22(14-24(21)27)34-11-8-20-12-23(20)19-6-9-31(10-7-19)26-28-15-18(16-29-26)17-33-3/h4-5,14-16,19-20,23H,6-13,17H2,1-3H3/t20-,23-/m0/s1. The zero-order chi connectivity index (χ0) is 24.1. The molecule has 0 unspecified atom stereocenters. The number of ether oxygens (including phenoxy) is 2. The maximum atomic E-state index is 14.3. The van der Waals surface area contributed by atoms with Gasteiger partial charge in [-0.2, -0.15) is 0 Å². The molecule has 0 radical (unpaired) electrons. The number of carbonyl (C=O) groups is 1. The summed E-state index contributed by atoms with van der Waals surface area (Å²) in [5, 5.41) is 0. The van der Waals surface area contributed by atoms with Crippen LogP contribution in [0.5, 0.6) is 5.75 Å². The fraction of sp³-hybridized carbons (Fsp3) is 0.577. The molecule has 34 heavy (non-hydrogen) atoms. The van der Waals surface area contributed by atoms with Crippen molar-refractivity contribution >= 4 is 11.9 Å². The molecule has 1 aliphatic heterocycles. The second kappa shape index (κ2) is 11.1. The van der Waals surface area contributed by atoms with Gasteiger partial charge >= 0.3 is 0 Å². The zero-order valence-electron chi connectivity index (χ0n) is 20.4. The Hall–Kier alpha value is -2.74. The number of benzene rings is 1. The number of anilines is 1. The average Bonchev–Trinajstić information content (AvgIpc) is 3.61. The first-order valence-electron chi connectivity index (χ1n) is 12.1. The molecule has 0 bridgehead atoms. The van der Waals surface area contributed by atoms with Crippen molar-refractivity contribution in [1.29, 1.82) is 0 Å². The second-order valence-electron chi connectivity index (χ2n) is 9.66. The molecule has 184 valence electrons. The lowest BCUT2D eigenvalue weighted by molar-refractivity contribution is -0.128. The maximum Gasteiger partial charge on any atom is 0.226 e. The highest BCUT2D eigenvalue weighted by molar-refractivity contribution is 5.78. The lowest BCUT2D eigenvalue weighted by Gasteiger charge is -2.32. The van der Waals surface area contributed by atoms with Gasteiger partial charge in [0.05, 0.1) is 19.6 Å². The molecule has 1 aromatic heterocycles. The SMILES string of the molecule is COCc1cnc(N2CCC([C@@H]3C[C@@H]3CCOc3ccc(CC(=O)N(C)C)c(F)c3)CC2)nc1. The van der Waals surface area contributed by atoms with E-state index in [1.165, 1.54) is 30.2 Å². The molecule has 1 aromatic carbocycles. The molecule has 1 aliphatic carbocycles. The van der Waals surface area contributed by atoms with Crippen LogP contribution in [0.4, 0.5) is 10.3 Å². The third-order valence-corrected chi connectivity index (χ3v) is 7.03. The molecule has 8 heteroatoms. The highest BCUT2D eigenvalue weighted by atomic mass is 19.1. The quantitative estimate of drug-likeness (QED) is 0.527. The highest BCUT2D eigenvalue weighted by Crippen LogP contribution is 2.49. The van der Waals surface area contributed by atoms with Crippen molar-refractivity contribution in [1.82, 2.24) is 14.9 Å². The summed E-state index contributed by atoms with van der Waals surface area (Å²) in [7, 11) is 5.01. The van der Waals surface area contributed by atoms with E-state index in [-0.39, 0.29) is 18.1 Å². The van der Waals surface area contributed by atoms with E-state index in [1.807, 2.05) is 12.4 Å². The lowest BCUT2D eigenvalue weighted by Crippen LogP contribution is -2.35. The summed E-state index contributed by atoms with van der Waals surface area (Å²) in [6.45, 7) is 3.12. The molecule has 2 heterocycles. The van der Waals surface area contributed by atoms with Gasteiger partial charge in [0, 0.05) is 58.3 Å². The smallest absolute Gasteiger partial charge is 0.226 e. The number of aromatic nitrogens is 2. The van der Waals surface area contributed by atoms with Crippen molar-refractivity contribution in [3.63, 3.8) is 0 Å². The van der Waals surface area contributed by atoms with Crippen LogP contribution >= 0.6 is 0 Å². The van der Waals surface area contributed by atoms with E-state index in [0.29, 0.717) is 30.4 Å². The van der Waals surface area contributed by atoms with Gasteiger partial charge in [-0.25, -0.2) is 14.4 Å².